The smallest absolute Gasteiger partial charge is 0.162 e. The highest BCUT2D eigenvalue weighted by Gasteiger charge is 2.13. The van der Waals surface area contributed by atoms with Crippen LogP contribution in [0.5, 0.6) is 0 Å². The lowest BCUT2D eigenvalue weighted by atomic mass is 10.1. The van der Waals surface area contributed by atoms with E-state index in [4.69, 9.17) is 11.6 Å². The van der Waals surface area contributed by atoms with E-state index in [1.54, 1.807) is 19.2 Å². The fourth-order valence-corrected chi connectivity index (χ4v) is 1.71. The number of carbonyl (C=O) groups is 1. The van der Waals surface area contributed by atoms with E-state index in [1.807, 2.05) is 0 Å². The van der Waals surface area contributed by atoms with Gasteiger partial charge in [0.15, 0.2) is 5.78 Å². The number of aromatic nitrogens is 2. The molecule has 1 aromatic heterocycles. The quantitative estimate of drug-likeness (QED) is 0.770. The number of carbonyl (C=O) groups excluding carboxylic acids is 1. The average molecular weight is 253 g/mol. The van der Waals surface area contributed by atoms with Crippen molar-refractivity contribution in [3.63, 3.8) is 0 Å². The summed E-state index contributed by atoms with van der Waals surface area (Å²) in [6, 6.07) is 2.80. The zero-order valence-electron chi connectivity index (χ0n) is 9.37. The van der Waals surface area contributed by atoms with Crippen molar-refractivity contribution < 1.29 is 9.18 Å². The number of hydrogen-bond acceptors (Lipinski definition) is 2. The van der Waals surface area contributed by atoms with Crippen molar-refractivity contribution in [2.45, 2.75) is 13.8 Å². The predicted molar refractivity (Wildman–Crippen MR) is 63.3 cm³/mol. The number of Topliss-reactive ketones (excluding diaryl/α,β-unsaturated/α-hetero) is 1. The van der Waals surface area contributed by atoms with Gasteiger partial charge in [0.25, 0.3) is 0 Å². The maximum Gasteiger partial charge on any atom is 0.162 e. The fraction of sp³-hybridized carbons (Fsp3) is 0.167. The number of hydrogen-bond donors (Lipinski definition) is 0. The predicted octanol–water partition coefficient (Wildman–Crippen LogP) is 3.18. The van der Waals surface area contributed by atoms with Crippen LogP contribution < -0.4 is 0 Å². The summed E-state index contributed by atoms with van der Waals surface area (Å²) in [6.45, 7) is 3.02. The minimum atomic E-state index is -0.405. The van der Waals surface area contributed by atoms with E-state index >= 15 is 0 Å². The molecule has 0 atom stereocenters. The standard InChI is InChI=1S/C12H10ClFN2O/c1-7-3-12(16-6-9(13)5-15-16)10(8(2)17)4-11(7)14/h3-6H,1-2H3. The van der Waals surface area contributed by atoms with Crippen molar-refractivity contribution in [3.8, 4) is 5.69 Å². The zero-order valence-corrected chi connectivity index (χ0v) is 10.1. The second-order valence-corrected chi connectivity index (χ2v) is 4.21. The highest BCUT2D eigenvalue weighted by molar-refractivity contribution is 6.30. The van der Waals surface area contributed by atoms with Crippen molar-refractivity contribution in [2.75, 3.05) is 0 Å². The van der Waals surface area contributed by atoms with Gasteiger partial charge >= 0.3 is 0 Å². The normalized spacial score (nSPS) is 10.6. The van der Waals surface area contributed by atoms with E-state index in [1.165, 1.54) is 23.9 Å². The van der Waals surface area contributed by atoms with Gasteiger partial charge in [0.05, 0.1) is 16.9 Å². The molecular weight excluding hydrogens is 243 g/mol. The second-order valence-electron chi connectivity index (χ2n) is 3.78. The number of nitrogens with zero attached hydrogens (tertiary/aromatic N) is 2. The first-order valence-electron chi connectivity index (χ1n) is 5.00. The molecule has 0 spiro atoms. The van der Waals surface area contributed by atoms with Gasteiger partial charge in [-0.1, -0.05) is 11.6 Å². The molecule has 0 aliphatic heterocycles. The molecule has 17 heavy (non-hydrogen) atoms. The number of aryl methyl sites for hydroxylation is 1. The molecule has 0 radical (unpaired) electrons. The van der Waals surface area contributed by atoms with Crippen LogP contribution in [0.15, 0.2) is 24.5 Å². The maximum absolute atomic E-state index is 13.4. The van der Waals surface area contributed by atoms with Gasteiger partial charge in [0.1, 0.15) is 5.82 Å². The lowest BCUT2D eigenvalue weighted by molar-refractivity contribution is 0.101. The Bertz CT molecular complexity index is 592. The molecule has 0 fully saturated rings. The van der Waals surface area contributed by atoms with Crippen LogP contribution in [-0.4, -0.2) is 15.6 Å². The van der Waals surface area contributed by atoms with Crippen molar-refractivity contribution in [1.82, 2.24) is 9.78 Å². The summed E-state index contributed by atoms with van der Waals surface area (Å²) in [7, 11) is 0. The van der Waals surface area contributed by atoms with E-state index < -0.39 is 5.82 Å². The Hall–Kier alpha value is -1.68. The average Bonchev–Trinajstić information content (AvgIpc) is 2.68. The molecule has 3 nitrogen and oxygen atoms in total. The number of rotatable bonds is 2. The highest BCUT2D eigenvalue weighted by Crippen LogP contribution is 2.21. The summed E-state index contributed by atoms with van der Waals surface area (Å²) in [4.78, 5) is 11.5. The molecule has 0 bridgehead atoms. The van der Waals surface area contributed by atoms with Crippen LogP contribution >= 0.6 is 11.6 Å². The summed E-state index contributed by atoms with van der Waals surface area (Å²) in [5.41, 5.74) is 1.27. The summed E-state index contributed by atoms with van der Waals surface area (Å²) >= 11 is 5.77. The van der Waals surface area contributed by atoms with Crippen LogP contribution in [-0.2, 0) is 0 Å². The van der Waals surface area contributed by atoms with E-state index in [0.29, 0.717) is 16.3 Å². The Kier molecular flexibility index (Phi) is 2.98. The molecule has 0 saturated heterocycles. The fourth-order valence-electron chi connectivity index (χ4n) is 1.57. The van der Waals surface area contributed by atoms with Gasteiger partial charge in [0.2, 0.25) is 0 Å². The van der Waals surface area contributed by atoms with E-state index in [0.717, 1.165) is 0 Å². The Morgan fingerprint density at radius 1 is 1.47 bits per heavy atom. The molecule has 5 heteroatoms. The lowest BCUT2D eigenvalue weighted by Gasteiger charge is -2.09. The lowest BCUT2D eigenvalue weighted by Crippen LogP contribution is -2.05. The Balaban J connectivity index is 2.67. The molecule has 0 aliphatic carbocycles. The number of ketones is 1. The van der Waals surface area contributed by atoms with Crippen LogP contribution in [0.3, 0.4) is 0 Å². The number of benzene rings is 1. The third-order valence-electron chi connectivity index (χ3n) is 2.45. The molecule has 0 N–H and O–H groups in total. The van der Waals surface area contributed by atoms with Gasteiger partial charge in [-0.05, 0) is 31.5 Å². The zero-order chi connectivity index (χ0) is 12.6. The highest BCUT2D eigenvalue weighted by atomic mass is 35.5. The van der Waals surface area contributed by atoms with Crippen LogP contribution in [0, 0.1) is 12.7 Å². The minimum Gasteiger partial charge on any atom is -0.294 e. The van der Waals surface area contributed by atoms with Crippen LogP contribution in [0.1, 0.15) is 22.8 Å². The van der Waals surface area contributed by atoms with Crippen LogP contribution in [0.2, 0.25) is 5.02 Å². The summed E-state index contributed by atoms with van der Waals surface area (Å²) in [6.07, 6.45) is 3.03. The topological polar surface area (TPSA) is 34.9 Å². The first-order chi connectivity index (χ1) is 7.99. The van der Waals surface area contributed by atoms with Gasteiger partial charge in [0, 0.05) is 11.8 Å². The van der Waals surface area contributed by atoms with E-state index in [9.17, 15) is 9.18 Å². The third kappa shape index (κ3) is 2.22. The van der Waals surface area contributed by atoms with E-state index in [-0.39, 0.29) is 11.3 Å². The van der Waals surface area contributed by atoms with Crippen LogP contribution in [0.4, 0.5) is 4.39 Å². The molecule has 2 rings (SSSR count). The molecule has 0 amide bonds. The monoisotopic (exact) mass is 252 g/mol. The molecule has 0 aliphatic rings. The summed E-state index contributed by atoms with van der Waals surface area (Å²) < 4.78 is 14.9. The van der Waals surface area contributed by atoms with Crippen LogP contribution in [0.25, 0.3) is 5.69 Å². The van der Waals surface area contributed by atoms with Gasteiger partial charge in [-0.15, -0.1) is 0 Å². The maximum atomic E-state index is 13.4. The van der Waals surface area contributed by atoms with Gasteiger partial charge in [-0.3, -0.25) is 4.79 Å². The Morgan fingerprint density at radius 2 is 2.18 bits per heavy atom. The van der Waals surface area contributed by atoms with Crippen molar-refractivity contribution in [1.29, 1.82) is 0 Å². The first kappa shape index (κ1) is 11.8. The Labute approximate surface area is 103 Å². The van der Waals surface area contributed by atoms with Crippen molar-refractivity contribution in [3.05, 3.63) is 46.5 Å². The first-order valence-corrected chi connectivity index (χ1v) is 5.38. The SMILES string of the molecule is CC(=O)c1cc(F)c(C)cc1-n1cc(Cl)cn1. The van der Waals surface area contributed by atoms with Crippen molar-refractivity contribution >= 4 is 17.4 Å². The van der Waals surface area contributed by atoms with Gasteiger partial charge in [-0.25, -0.2) is 9.07 Å². The molecule has 0 saturated carbocycles. The number of halogens is 2. The molecule has 2 aromatic rings. The minimum absolute atomic E-state index is 0.217. The molecule has 0 unspecified atom stereocenters. The summed E-state index contributed by atoms with van der Waals surface area (Å²) in [5, 5.41) is 4.47. The largest absolute Gasteiger partial charge is 0.294 e. The second kappa shape index (κ2) is 4.30. The van der Waals surface area contributed by atoms with Gasteiger partial charge < -0.3 is 0 Å². The molecule has 1 heterocycles. The third-order valence-corrected chi connectivity index (χ3v) is 2.65. The molecule has 88 valence electrons. The van der Waals surface area contributed by atoms with Crippen molar-refractivity contribution in [2.24, 2.45) is 0 Å². The molecular formula is C12H10ClFN2O. The molecule has 1 aromatic carbocycles. The Morgan fingerprint density at radius 3 is 2.71 bits per heavy atom. The summed E-state index contributed by atoms with van der Waals surface area (Å²) in [5.74, 6) is -0.622. The van der Waals surface area contributed by atoms with Gasteiger partial charge in [-0.2, -0.15) is 5.10 Å². The van der Waals surface area contributed by atoms with E-state index in [2.05, 4.69) is 5.10 Å².